The lowest BCUT2D eigenvalue weighted by Crippen LogP contribution is -2.49. The Kier molecular flexibility index (Phi) is 8.16. The van der Waals surface area contributed by atoms with Gasteiger partial charge in [0.15, 0.2) is 9.84 Å². The molecule has 0 spiro atoms. The fourth-order valence-electron chi connectivity index (χ4n) is 4.85. The Labute approximate surface area is 239 Å². The summed E-state index contributed by atoms with van der Waals surface area (Å²) < 4.78 is 38.0. The van der Waals surface area contributed by atoms with Crippen LogP contribution in [0.15, 0.2) is 102 Å². The predicted molar refractivity (Wildman–Crippen MR) is 157 cm³/mol. The van der Waals surface area contributed by atoms with Crippen LogP contribution >= 0.6 is 0 Å². The summed E-state index contributed by atoms with van der Waals surface area (Å²) in [6.45, 7) is 2.54. The molecule has 4 aromatic rings. The largest absolute Gasteiger partial charge is 0.368 e. The van der Waals surface area contributed by atoms with Crippen molar-refractivity contribution >= 4 is 27.3 Å². The van der Waals surface area contributed by atoms with E-state index in [1.54, 1.807) is 35.2 Å². The van der Waals surface area contributed by atoms with Gasteiger partial charge in [-0.25, -0.2) is 12.8 Å². The minimum atomic E-state index is -3.53. The molecule has 2 amide bonds. The Morgan fingerprint density at radius 2 is 1.49 bits per heavy atom. The van der Waals surface area contributed by atoms with Crippen LogP contribution in [0, 0.1) is 5.82 Å². The number of rotatable bonds is 7. The summed E-state index contributed by atoms with van der Waals surface area (Å²) in [5.74, 6) is -0.783. The van der Waals surface area contributed by atoms with Crippen LogP contribution in [0.25, 0.3) is 11.1 Å². The molecule has 0 unspecified atom stereocenters. The first-order valence-corrected chi connectivity index (χ1v) is 15.1. The van der Waals surface area contributed by atoms with E-state index in [1.165, 1.54) is 24.3 Å². The maximum Gasteiger partial charge on any atom is 0.254 e. The Balaban J connectivity index is 1.25. The van der Waals surface area contributed by atoms with Crippen molar-refractivity contribution in [3.63, 3.8) is 0 Å². The van der Waals surface area contributed by atoms with Gasteiger partial charge in [-0.05, 0) is 65.2 Å². The van der Waals surface area contributed by atoms with Gasteiger partial charge in [-0.2, -0.15) is 0 Å². The summed E-state index contributed by atoms with van der Waals surface area (Å²) in [5.41, 5.74) is 4.07. The number of sulfone groups is 1. The zero-order chi connectivity index (χ0) is 29.0. The SMILES string of the molecule is CS(=O)(=O)c1ccc(-c2ccc(F)cc2)c(C(=O)N2CCN(c3ccc(CNC(=O)c4ccccc4)cc3)CC2)c1. The molecule has 1 heterocycles. The number of nitrogens with zero attached hydrogens (tertiary/aromatic N) is 2. The maximum absolute atomic E-state index is 13.7. The molecule has 4 aromatic carbocycles. The second-order valence-electron chi connectivity index (χ2n) is 9.98. The fraction of sp³-hybridized carbons (Fsp3) is 0.188. The number of hydrogen-bond donors (Lipinski definition) is 1. The highest BCUT2D eigenvalue weighted by Gasteiger charge is 2.26. The van der Waals surface area contributed by atoms with Gasteiger partial charge in [-0.15, -0.1) is 0 Å². The molecule has 5 rings (SSSR count). The van der Waals surface area contributed by atoms with Gasteiger partial charge >= 0.3 is 0 Å². The van der Waals surface area contributed by atoms with Gasteiger partial charge in [0.1, 0.15) is 5.82 Å². The molecule has 7 nitrogen and oxygen atoms in total. The predicted octanol–water partition coefficient (Wildman–Crippen LogP) is 4.79. The summed E-state index contributed by atoms with van der Waals surface area (Å²) in [4.78, 5) is 29.9. The Morgan fingerprint density at radius 3 is 2.12 bits per heavy atom. The third-order valence-corrected chi connectivity index (χ3v) is 8.27. The second kappa shape index (κ2) is 11.9. The van der Waals surface area contributed by atoms with E-state index in [1.807, 2.05) is 42.5 Å². The molecule has 1 aliphatic rings. The number of piperazine rings is 1. The molecule has 9 heteroatoms. The zero-order valence-electron chi connectivity index (χ0n) is 22.6. The van der Waals surface area contributed by atoms with Crippen molar-refractivity contribution in [2.75, 3.05) is 37.3 Å². The molecule has 0 saturated carbocycles. The van der Waals surface area contributed by atoms with Crippen molar-refractivity contribution in [2.24, 2.45) is 0 Å². The molecule has 1 fully saturated rings. The van der Waals surface area contributed by atoms with Crippen LogP contribution in [0.2, 0.25) is 0 Å². The number of amides is 2. The van der Waals surface area contributed by atoms with Crippen LogP contribution in [-0.2, 0) is 16.4 Å². The minimum absolute atomic E-state index is 0.0606. The molecule has 41 heavy (non-hydrogen) atoms. The number of nitrogens with one attached hydrogen (secondary N) is 1. The number of benzene rings is 4. The van der Waals surface area contributed by atoms with E-state index in [4.69, 9.17) is 0 Å². The van der Waals surface area contributed by atoms with E-state index in [9.17, 15) is 22.4 Å². The lowest BCUT2D eigenvalue weighted by Gasteiger charge is -2.36. The smallest absolute Gasteiger partial charge is 0.254 e. The van der Waals surface area contributed by atoms with E-state index in [-0.39, 0.29) is 22.3 Å². The summed E-state index contributed by atoms with van der Waals surface area (Å²) in [6.07, 6.45) is 1.11. The van der Waals surface area contributed by atoms with E-state index in [0.29, 0.717) is 49.4 Å². The number of carbonyl (C=O) groups is 2. The number of hydrogen-bond acceptors (Lipinski definition) is 5. The molecule has 0 aromatic heterocycles. The summed E-state index contributed by atoms with van der Waals surface area (Å²) in [7, 11) is -3.53. The van der Waals surface area contributed by atoms with E-state index >= 15 is 0 Å². The highest BCUT2D eigenvalue weighted by Crippen LogP contribution is 2.29. The van der Waals surface area contributed by atoms with Crippen LogP contribution < -0.4 is 10.2 Å². The third-order valence-electron chi connectivity index (χ3n) is 7.16. The van der Waals surface area contributed by atoms with Crippen molar-refractivity contribution in [3.8, 4) is 11.1 Å². The molecule has 0 atom stereocenters. The van der Waals surface area contributed by atoms with Gasteiger partial charge in [0.25, 0.3) is 11.8 Å². The lowest BCUT2D eigenvalue weighted by atomic mass is 9.98. The molecule has 1 saturated heterocycles. The first-order chi connectivity index (χ1) is 19.7. The molecule has 1 N–H and O–H groups in total. The Morgan fingerprint density at radius 1 is 0.829 bits per heavy atom. The van der Waals surface area contributed by atoms with Crippen LogP contribution in [0.4, 0.5) is 10.1 Å². The van der Waals surface area contributed by atoms with Gasteiger partial charge in [0, 0.05) is 55.8 Å². The third kappa shape index (κ3) is 6.63. The van der Waals surface area contributed by atoms with Gasteiger partial charge in [-0.3, -0.25) is 9.59 Å². The van der Waals surface area contributed by atoms with Gasteiger partial charge in [0.2, 0.25) is 0 Å². The normalized spacial score (nSPS) is 13.6. The zero-order valence-corrected chi connectivity index (χ0v) is 23.4. The lowest BCUT2D eigenvalue weighted by molar-refractivity contribution is 0.0747. The highest BCUT2D eigenvalue weighted by atomic mass is 32.2. The van der Waals surface area contributed by atoms with Crippen LogP contribution in [0.1, 0.15) is 26.3 Å². The summed E-state index contributed by atoms with van der Waals surface area (Å²) >= 11 is 0. The summed E-state index contributed by atoms with van der Waals surface area (Å²) in [5, 5.41) is 2.93. The van der Waals surface area contributed by atoms with Crippen LogP contribution in [-0.4, -0.2) is 57.6 Å². The molecule has 0 radical (unpaired) electrons. The molecule has 210 valence electrons. The Bertz CT molecular complexity index is 1650. The van der Waals surface area contributed by atoms with E-state index < -0.39 is 15.7 Å². The monoisotopic (exact) mass is 571 g/mol. The Hall–Kier alpha value is -4.50. The number of anilines is 1. The average Bonchev–Trinajstić information content (AvgIpc) is 3.00. The van der Waals surface area contributed by atoms with Gasteiger partial charge < -0.3 is 15.1 Å². The second-order valence-corrected chi connectivity index (χ2v) is 12.0. The first kappa shape index (κ1) is 28.0. The van der Waals surface area contributed by atoms with E-state index in [2.05, 4.69) is 10.2 Å². The van der Waals surface area contributed by atoms with Crippen molar-refractivity contribution in [2.45, 2.75) is 11.4 Å². The average molecular weight is 572 g/mol. The molecule has 0 bridgehead atoms. The minimum Gasteiger partial charge on any atom is -0.368 e. The van der Waals surface area contributed by atoms with Gasteiger partial charge in [-0.1, -0.05) is 48.5 Å². The first-order valence-electron chi connectivity index (χ1n) is 13.3. The molecule has 1 aliphatic heterocycles. The maximum atomic E-state index is 13.7. The van der Waals surface area contributed by atoms with Gasteiger partial charge in [0.05, 0.1) is 4.90 Å². The fourth-order valence-corrected chi connectivity index (χ4v) is 5.50. The van der Waals surface area contributed by atoms with Crippen LogP contribution in [0.3, 0.4) is 0 Å². The van der Waals surface area contributed by atoms with Crippen molar-refractivity contribution in [1.29, 1.82) is 0 Å². The molecular formula is C32H30FN3O4S. The molecular weight excluding hydrogens is 541 g/mol. The topological polar surface area (TPSA) is 86.8 Å². The van der Waals surface area contributed by atoms with E-state index in [0.717, 1.165) is 17.5 Å². The standard InChI is InChI=1S/C32H30FN3O4S/c1-41(39,40)28-15-16-29(24-9-11-26(33)12-10-24)30(21-28)32(38)36-19-17-35(18-20-36)27-13-7-23(8-14-27)22-34-31(37)25-5-3-2-4-6-25/h2-16,21H,17-20,22H2,1H3,(H,34,37). The van der Waals surface area contributed by atoms with Crippen molar-refractivity contribution in [3.05, 3.63) is 120 Å². The highest BCUT2D eigenvalue weighted by molar-refractivity contribution is 7.90. The summed E-state index contributed by atoms with van der Waals surface area (Å²) in [6, 6.07) is 27.3. The van der Waals surface area contributed by atoms with Crippen LogP contribution in [0.5, 0.6) is 0 Å². The number of halogens is 1. The quantitative estimate of drug-likeness (QED) is 0.345. The molecule has 0 aliphatic carbocycles. The van der Waals surface area contributed by atoms with Crippen molar-refractivity contribution < 1.29 is 22.4 Å². The number of carbonyl (C=O) groups excluding carboxylic acids is 2. The van der Waals surface area contributed by atoms with Crippen molar-refractivity contribution in [1.82, 2.24) is 10.2 Å².